The van der Waals surface area contributed by atoms with Crippen LogP contribution in [0.5, 0.6) is 0 Å². The molecule has 2 heterocycles. The van der Waals surface area contributed by atoms with E-state index in [9.17, 15) is 0 Å². The normalized spacial score (nSPS) is 16.8. The predicted molar refractivity (Wildman–Crippen MR) is 84.9 cm³/mol. The van der Waals surface area contributed by atoms with Crippen LogP contribution < -0.4 is 5.32 Å². The summed E-state index contributed by atoms with van der Waals surface area (Å²) in [5.41, 5.74) is 5.86. The molecule has 1 atom stereocenters. The van der Waals surface area contributed by atoms with Crippen LogP contribution in [-0.4, -0.2) is 29.1 Å². The zero-order valence-electron chi connectivity index (χ0n) is 13.0. The van der Waals surface area contributed by atoms with Gasteiger partial charge in [0.25, 0.3) is 0 Å². The number of rotatable bonds is 4. The molecule has 1 aliphatic rings. The second-order valence-electron chi connectivity index (χ2n) is 6.10. The summed E-state index contributed by atoms with van der Waals surface area (Å²) in [5.74, 6) is 0. The monoisotopic (exact) mass is 271 g/mol. The minimum absolute atomic E-state index is 0.515. The fraction of sp³-hybridized carbons (Fsp3) is 0.529. The van der Waals surface area contributed by atoms with Gasteiger partial charge in [0.15, 0.2) is 0 Å². The largest absolute Gasteiger partial charge is 0.350 e. The minimum atomic E-state index is 0.515. The first-order valence-corrected chi connectivity index (χ1v) is 7.61. The van der Waals surface area contributed by atoms with Gasteiger partial charge in [0.05, 0.1) is 0 Å². The smallest absolute Gasteiger partial charge is 0.0484 e. The van der Waals surface area contributed by atoms with Crippen molar-refractivity contribution in [2.24, 2.45) is 7.05 Å². The van der Waals surface area contributed by atoms with Crippen molar-refractivity contribution in [3.8, 4) is 0 Å². The molecule has 2 aromatic rings. The van der Waals surface area contributed by atoms with Crippen LogP contribution in [0, 0.1) is 0 Å². The highest BCUT2D eigenvalue weighted by Crippen LogP contribution is 2.30. The van der Waals surface area contributed by atoms with Gasteiger partial charge in [-0.05, 0) is 55.8 Å². The Hall–Kier alpha value is -1.32. The molecule has 0 saturated heterocycles. The highest BCUT2D eigenvalue weighted by Gasteiger charge is 2.20. The van der Waals surface area contributed by atoms with E-state index in [4.69, 9.17) is 0 Å². The van der Waals surface area contributed by atoms with Crippen molar-refractivity contribution in [3.63, 3.8) is 0 Å². The summed E-state index contributed by atoms with van der Waals surface area (Å²) < 4.78 is 2.28. The van der Waals surface area contributed by atoms with Crippen LogP contribution >= 0.6 is 0 Å². The second kappa shape index (κ2) is 5.23. The molecule has 3 nitrogen and oxygen atoms in total. The molecule has 3 rings (SSSR count). The van der Waals surface area contributed by atoms with E-state index in [1.807, 2.05) is 7.05 Å². The molecule has 0 aliphatic carbocycles. The summed E-state index contributed by atoms with van der Waals surface area (Å²) in [7, 11) is 4.20. The van der Waals surface area contributed by atoms with Gasteiger partial charge >= 0.3 is 0 Å². The maximum atomic E-state index is 3.34. The molecule has 1 aliphatic heterocycles. The minimum Gasteiger partial charge on any atom is -0.350 e. The number of benzene rings is 1. The average molecular weight is 271 g/mol. The number of hydrogen-bond acceptors (Lipinski definition) is 2. The number of likely N-dealkylation sites (N-methyl/N-ethyl adjacent to an activating group) is 1. The third-order valence-corrected chi connectivity index (χ3v) is 4.65. The zero-order valence-corrected chi connectivity index (χ0v) is 13.0. The Morgan fingerprint density at radius 3 is 2.60 bits per heavy atom. The molecule has 0 radical (unpaired) electrons. The molecule has 1 aromatic heterocycles. The van der Waals surface area contributed by atoms with Crippen molar-refractivity contribution in [1.29, 1.82) is 0 Å². The van der Waals surface area contributed by atoms with E-state index in [0.717, 1.165) is 26.1 Å². The first-order chi connectivity index (χ1) is 9.62. The SMILES string of the molecule is CCN1Cc2cc3c(CC(C)NC)cn(C)c3cc2C1. The molecule has 108 valence electrons. The topological polar surface area (TPSA) is 20.2 Å². The summed E-state index contributed by atoms with van der Waals surface area (Å²) in [5, 5.41) is 4.77. The van der Waals surface area contributed by atoms with Crippen molar-refractivity contribution in [2.75, 3.05) is 13.6 Å². The Morgan fingerprint density at radius 2 is 1.95 bits per heavy atom. The molecule has 0 amide bonds. The zero-order chi connectivity index (χ0) is 14.3. The lowest BCUT2D eigenvalue weighted by molar-refractivity contribution is 0.301. The van der Waals surface area contributed by atoms with Gasteiger partial charge < -0.3 is 9.88 Å². The average Bonchev–Trinajstić information content (AvgIpc) is 2.98. The summed E-state index contributed by atoms with van der Waals surface area (Å²) in [6.07, 6.45) is 3.38. The van der Waals surface area contributed by atoms with Gasteiger partial charge in [-0.3, -0.25) is 4.90 Å². The standard InChI is InChI=1S/C17H25N3/c1-5-20-10-13-7-16-15(6-12(2)18-3)9-19(4)17(16)8-14(13)11-20/h7-9,12,18H,5-6,10-11H2,1-4H3. The van der Waals surface area contributed by atoms with Crippen LogP contribution in [0.25, 0.3) is 10.9 Å². The van der Waals surface area contributed by atoms with Crippen LogP contribution in [-0.2, 0) is 26.6 Å². The van der Waals surface area contributed by atoms with Crippen molar-refractivity contribution in [1.82, 2.24) is 14.8 Å². The molecule has 0 fully saturated rings. The van der Waals surface area contributed by atoms with Crippen LogP contribution in [0.4, 0.5) is 0 Å². The Labute approximate surface area is 121 Å². The maximum Gasteiger partial charge on any atom is 0.0484 e. The van der Waals surface area contributed by atoms with Gasteiger partial charge in [0.2, 0.25) is 0 Å². The molecule has 1 N–H and O–H groups in total. The number of fused-ring (bicyclic) bond motifs is 2. The Kier molecular flexibility index (Phi) is 3.57. The second-order valence-corrected chi connectivity index (χ2v) is 6.10. The van der Waals surface area contributed by atoms with Crippen LogP contribution in [0.3, 0.4) is 0 Å². The lowest BCUT2D eigenvalue weighted by Crippen LogP contribution is -2.23. The first-order valence-electron chi connectivity index (χ1n) is 7.61. The van der Waals surface area contributed by atoms with Gasteiger partial charge in [-0.2, -0.15) is 0 Å². The number of hydrogen-bond donors (Lipinski definition) is 1. The van der Waals surface area contributed by atoms with Gasteiger partial charge in [-0.15, -0.1) is 0 Å². The Bertz CT molecular complexity index is 627. The third-order valence-electron chi connectivity index (χ3n) is 4.65. The van der Waals surface area contributed by atoms with Crippen LogP contribution in [0.2, 0.25) is 0 Å². The summed E-state index contributed by atoms with van der Waals surface area (Å²) >= 11 is 0. The van der Waals surface area contributed by atoms with Gasteiger partial charge in [-0.25, -0.2) is 0 Å². The van der Waals surface area contributed by atoms with Gasteiger partial charge in [-0.1, -0.05) is 6.92 Å². The predicted octanol–water partition coefficient (Wildman–Crippen LogP) is 2.66. The molecule has 0 saturated carbocycles. The number of nitrogens with one attached hydrogen (secondary N) is 1. The summed E-state index contributed by atoms with van der Waals surface area (Å²) in [4.78, 5) is 2.50. The van der Waals surface area contributed by atoms with Crippen LogP contribution in [0.15, 0.2) is 18.3 Å². The molecular formula is C17H25N3. The quantitative estimate of drug-likeness (QED) is 0.922. The van der Waals surface area contributed by atoms with Crippen molar-refractivity contribution in [3.05, 3.63) is 35.0 Å². The maximum absolute atomic E-state index is 3.34. The van der Waals surface area contributed by atoms with E-state index < -0.39 is 0 Å². The van der Waals surface area contributed by atoms with Gasteiger partial charge in [0, 0.05) is 43.3 Å². The molecule has 0 bridgehead atoms. The third kappa shape index (κ3) is 2.25. The van der Waals surface area contributed by atoms with E-state index in [-0.39, 0.29) is 0 Å². The summed E-state index contributed by atoms with van der Waals surface area (Å²) in [6.45, 7) is 7.83. The number of aromatic nitrogens is 1. The molecule has 0 spiro atoms. The fourth-order valence-electron chi connectivity index (χ4n) is 3.25. The highest BCUT2D eigenvalue weighted by molar-refractivity contribution is 5.86. The number of aryl methyl sites for hydroxylation is 1. The van der Waals surface area contributed by atoms with Crippen molar-refractivity contribution in [2.45, 2.75) is 39.4 Å². The fourth-order valence-corrected chi connectivity index (χ4v) is 3.25. The molecule has 20 heavy (non-hydrogen) atoms. The van der Waals surface area contributed by atoms with E-state index in [0.29, 0.717) is 6.04 Å². The lowest BCUT2D eigenvalue weighted by atomic mass is 10.0. The van der Waals surface area contributed by atoms with Crippen LogP contribution in [0.1, 0.15) is 30.5 Å². The highest BCUT2D eigenvalue weighted by atomic mass is 15.1. The van der Waals surface area contributed by atoms with Crippen molar-refractivity contribution >= 4 is 10.9 Å². The first kappa shape index (κ1) is 13.7. The van der Waals surface area contributed by atoms with E-state index >= 15 is 0 Å². The number of nitrogens with zero attached hydrogens (tertiary/aromatic N) is 2. The Morgan fingerprint density at radius 1 is 1.25 bits per heavy atom. The molecule has 1 aromatic carbocycles. The van der Waals surface area contributed by atoms with Gasteiger partial charge in [0.1, 0.15) is 0 Å². The van der Waals surface area contributed by atoms with E-state index in [1.165, 1.54) is 27.6 Å². The summed E-state index contributed by atoms with van der Waals surface area (Å²) in [6, 6.07) is 5.34. The molecule has 3 heteroatoms. The molecular weight excluding hydrogens is 246 g/mol. The van der Waals surface area contributed by atoms with Crippen molar-refractivity contribution < 1.29 is 0 Å². The van der Waals surface area contributed by atoms with E-state index in [2.05, 4.69) is 54.0 Å². The lowest BCUT2D eigenvalue weighted by Gasteiger charge is -2.09. The van der Waals surface area contributed by atoms with E-state index in [1.54, 1.807) is 0 Å². The molecule has 1 unspecified atom stereocenters. The Balaban J connectivity index is 2.03.